The third kappa shape index (κ3) is 1.90. The van der Waals surface area contributed by atoms with E-state index in [1.54, 1.807) is 18.2 Å². The van der Waals surface area contributed by atoms with Gasteiger partial charge in [0.25, 0.3) is 0 Å². The molecule has 0 saturated heterocycles. The molecule has 1 aliphatic rings. The first-order valence-corrected chi connectivity index (χ1v) is 2.46. The molecule has 3 heteroatoms. The van der Waals surface area contributed by atoms with E-state index in [4.69, 9.17) is 0 Å². The Morgan fingerprint density at radius 1 is 1.33 bits per heavy atom. The lowest BCUT2D eigenvalue weighted by atomic mass is 10.5. The highest BCUT2D eigenvalue weighted by atomic mass is 16.5. The van der Waals surface area contributed by atoms with Crippen molar-refractivity contribution >= 4 is 12.3 Å². The number of carbonyl (C=O) groups excluding carboxylic acids is 1. The van der Waals surface area contributed by atoms with Crippen LogP contribution in [0.1, 0.15) is 0 Å². The van der Waals surface area contributed by atoms with E-state index >= 15 is 0 Å². The SMILES string of the molecule is O=C1N=CC=CC=CO1. The van der Waals surface area contributed by atoms with E-state index in [1.807, 2.05) is 0 Å². The van der Waals surface area contributed by atoms with Crippen LogP contribution in [0.5, 0.6) is 0 Å². The molecule has 1 rings (SSSR count). The highest BCUT2D eigenvalue weighted by Crippen LogP contribution is 1.88. The monoisotopic (exact) mass is 123 g/mol. The molecule has 9 heavy (non-hydrogen) atoms. The average molecular weight is 123 g/mol. The highest BCUT2D eigenvalue weighted by molar-refractivity contribution is 5.85. The molecule has 46 valence electrons. The summed E-state index contributed by atoms with van der Waals surface area (Å²) in [5.41, 5.74) is 0. The number of rotatable bonds is 0. The minimum absolute atomic E-state index is 0.587. The first-order chi connectivity index (χ1) is 4.39. The van der Waals surface area contributed by atoms with Crippen LogP contribution < -0.4 is 0 Å². The number of hydrogen-bond donors (Lipinski definition) is 0. The second kappa shape index (κ2) is 2.81. The number of aliphatic imine (C=N–C) groups is 1. The Hall–Kier alpha value is -1.38. The summed E-state index contributed by atoms with van der Waals surface area (Å²) in [6.45, 7) is 0. The summed E-state index contributed by atoms with van der Waals surface area (Å²) in [6, 6.07) is 0. The Labute approximate surface area is 52.3 Å². The van der Waals surface area contributed by atoms with Gasteiger partial charge in [0.1, 0.15) is 0 Å². The lowest BCUT2D eigenvalue weighted by Crippen LogP contribution is -1.92. The van der Waals surface area contributed by atoms with E-state index in [2.05, 4.69) is 9.73 Å². The molecule has 0 aromatic carbocycles. The van der Waals surface area contributed by atoms with Crippen molar-refractivity contribution in [2.45, 2.75) is 0 Å². The van der Waals surface area contributed by atoms with Gasteiger partial charge in [-0.1, -0.05) is 6.08 Å². The van der Waals surface area contributed by atoms with Gasteiger partial charge in [0.15, 0.2) is 0 Å². The van der Waals surface area contributed by atoms with Crippen LogP contribution in [0.3, 0.4) is 0 Å². The molecule has 0 fully saturated rings. The Kier molecular flexibility index (Phi) is 1.80. The molecule has 0 bridgehead atoms. The summed E-state index contributed by atoms with van der Waals surface area (Å²) in [4.78, 5) is 13.7. The Bertz CT molecular complexity index is 191. The standard InChI is InChI=1S/C6H5NO2/c8-6-7-4-2-1-3-5-9-6/h1-5H. The van der Waals surface area contributed by atoms with Gasteiger partial charge in [0, 0.05) is 6.21 Å². The molecule has 0 N–H and O–H groups in total. The molecular weight excluding hydrogens is 118 g/mol. The number of nitrogens with zero attached hydrogens (tertiary/aromatic N) is 1. The van der Waals surface area contributed by atoms with Gasteiger partial charge in [-0.3, -0.25) is 0 Å². The lowest BCUT2D eigenvalue weighted by Gasteiger charge is -1.90. The largest absolute Gasteiger partial charge is 0.438 e. The Balaban J connectivity index is 2.70. The Morgan fingerprint density at radius 2 is 2.22 bits per heavy atom. The number of amides is 1. The van der Waals surface area contributed by atoms with E-state index in [1.165, 1.54) is 12.5 Å². The fraction of sp³-hybridized carbons (Fsp3) is 0. The molecule has 0 aliphatic carbocycles. The molecule has 0 saturated carbocycles. The molecule has 0 atom stereocenters. The molecular formula is C6H5NO2. The predicted octanol–water partition coefficient (Wildman–Crippen LogP) is 1.28. The van der Waals surface area contributed by atoms with Crippen LogP contribution in [0.2, 0.25) is 0 Å². The van der Waals surface area contributed by atoms with Crippen LogP contribution in [0.25, 0.3) is 0 Å². The van der Waals surface area contributed by atoms with Crippen LogP contribution >= 0.6 is 0 Å². The maximum atomic E-state index is 10.3. The molecule has 0 aromatic rings. The molecule has 1 amide bonds. The van der Waals surface area contributed by atoms with Crippen LogP contribution in [0, 0.1) is 0 Å². The fourth-order valence-corrected chi connectivity index (χ4v) is 0.391. The summed E-state index contributed by atoms with van der Waals surface area (Å²) in [6.07, 6.45) is 7.06. The summed E-state index contributed by atoms with van der Waals surface area (Å²) in [5.74, 6) is 0. The second-order valence-corrected chi connectivity index (χ2v) is 1.38. The second-order valence-electron chi connectivity index (χ2n) is 1.38. The molecule has 1 heterocycles. The van der Waals surface area contributed by atoms with E-state index in [-0.39, 0.29) is 0 Å². The maximum absolute atomic E-state index is 10.3. The predicted molar refractivity (Wildman–Crippen MR) is 33.3 cm³/mol. The molecule has 1 aliphatic heterocycles. The van der Waals surface area contributed by atoms with E-state index in [0.717, 1.165) is 0 Å². The van der Waals surface area contributed by atoms with Gasteiger partial charge in [-0.15, -0.1) is 0 Å². The van der Waals surface area contributed by atoms with E-state index in [9.17, 15) is 4.79 Å². The summed E-state index contributed by atoms with van der Waals surface area (Å²) < 4.78 is 4.41. The van der Waals surface area contributed by atoms with E-state index in [0.29, 0.717) is 0 Å². The molecule has 3 nitrogen and oxygen atoms in total. The highest BCUT2D eigenvalue weighted by Gasteiger charge is 1.91. The number of hydrogen-bond acceptors (Lipinski definition) is 2. The van der Waals surface area contributed by atoms with Gasteiger partial charge in [-0.2, -0.15) is 4.99 Å². The number of allylic oxidation sites excluding steroid dienone is 3. The lowest BCUT2D eigenvalue weighted by molar-refractivity contribution is 0.197. The van der Waals surface area contributed by atoms with Crippen molar-refractivity contribution < 1.29 is 9.53 Å². The third-order valence-corrected chi connectivity index (χ3v) is 0.736. The minimum Gasteiger partial charge on any atom is -0.417 e. The third-order valence-electron chi connectivity index (χ3n) is 0.736. The van der Waals surface area contributed by atoms with Crippen LogP contribution in [0.4, 0.5) is 4.79 Å². The molecule has 0 radical (unpaired) electrons. The van der Waals surface area contributed by atoms with Gasteiger partial charge in [0.2, 0.25) is 0 Å². The van der Waals surface area contributed by atoms with Gasteiger partial charge in [-0.05, 0) is 12.2 Å². The summed E-state index contributed by atoms with van der Waals surface area (Å²) in [7, 11) is 0. The minimum atomic E-state index is -0.587. The number of ether oxygens (including phenoxy) is 1. The zero-order valence-electron chi connectivity index (χ0n) is 4.65. The average Bonchev–Trinajstić information content (AvgIpc) is 1.79. The summed E-state index contributed by atoms with van der Waals surface area (Å²) >= 11 is 0. The van der Waals surface area contributed by atoms with Gasteiger partial charge in [0.05, 0.1) is 6.26 Å². The zero-order chi connectivity index (χ0) is 6.53. The normalized spacial score (nSPS) is 16.7. The van der Waals surface area contributed by atoms with Crippen molar-refractivity contribution in [3.8, 4) is 0 Å². The van der Waals surface area contributed by atoms with Crippen LogP contribution in [-0.4, -0.2) is 12.3 Å². The van der Waals surface area contributed by atoms with Crippen molar-refractivity contribution in [3.05, 3.63) is 24.5 Å². The maximum Gasteiger partial charge on any atom is 0.438 e. The first kappa shape index (κ1) is 5.75. The molecule has 0 aromatic heterocycles. The zero-order valence-corrected chi connectivity index (χ0v) is 4.65. The summed E-state index contributed by atoms with van der Waals surface area (Å²) in [5, 5.41) is 0. The molecule has 0 spiro atoms. The molecule has 0 unspecified atom stereocenters. The van der Waals surface area contributed by atoms with Crippen LogP contribution in [-0.2, 0) is 4.74 Å². The topological polar surface area (TPSA) is 38.7 Å². The quantitative estimate of drug-likeness (QED) is 0.486. The van der Waals surface area contributed by atoms with Gasteiger partial charge >= 0.3 is 6.09 Å². The number of carbonyl (C=O) groups is 1. The fourth-order valence-electron chi connectivity index (χ4n) is 0.391. The number of cyclic esters (lactones) is 1. The smallest absolute Gasteiger partial charge is 0.417 e. The van der Waals surface area contributed by atoms with Crippen molar-refractivity contribution in [1.82, 2.24) is 0 Å². The van der Waals surface area contributed by atoms with Crippen molar-refractivity contribution in [2.24, 2.45) is 4.99 Å². The van der Waals surface area contributed by atoms with Crippen molar-refractivity contribution in [3.63, 3.8) is 0 Å². The van der Waals surface area contributed by atoms with E-state index < -0.39 is 6.09 Å². The van der Waals surface area contributed by atoms with Crippen molar-refractivity contribution in [1.29, 1.82) is 0 Å². The van der Waals surface area contributed by atoms with Gasteiger partial charge in [-0.25, -0.2) is 4.79 Å². The first-order valence-electron chi connectivity index (χ1n) is 2.46. The van der Waals surface area contributed by atoms with Gasteiger partial charge < -0.3 is 4.74 Å². The van der Waals surface area contributed by atoms with Crippen molar-refractivity contribution in [2.75, 3.05) is 0 Å². The Morgan fingerprint density at radius 3 is 3.11 bits per heavy atom. The van der Waals surface area contributed by atoms with Crippen LogP contribution in [0.15, 0.2) is 29.5 Å².